The molecular weight excluding hydrogens is 276 g/mol. The zero-order valence-corrected chi connectivity index (χ0v) is 13.4. The van der Waals surface area contributed by atoms with Crippen LogP contribution in [0.15, 0.2) is 84.9 Å². The summed E-state index contributed by atoms with van der Waals surface area (Å²) in [7, 11) is 0. The number of fused-ring (bicyclic) bond motifs is 2. The summed E-state index contributed by atoms with van der Waals surface area (Å²) in [5.41, 5.74) is 2.87. The van der Waals surface area contributed by atoms with Crippen molar-refractivity contribution in [1.82, 2.24) is 0 Å². The molecule has 0 heteroatoms. The molecule has 0 spiro atoms. The molecule has 0 nitrogen and oxygen atoms in total. The molecular formula is C23H20. The Kier molecular flexibility index (Phi) is 3.59. The number of benzene rings is 4. The molecule has 0 N–H and O–H groups in total. The van der Waals surface area contributed by atoms with E-state index in [-0.39, 0.29) is 0 Å². The fourth-order valence-electron chi connectivity index (χ4n) is 3.59. The Hall–Kier alpha value is -2.60. The van der Waals surface area contributed by atoms with E-state index >= 15 is 0 Å². The maximum Gasteiger partial charge on any atom is -0.0144 e. The summed E-state index contributed by atoms with van der Waals surface area (Å²) in [5, 5.41) is 5.41. The minimum absolute atomic E-state index is 0.493. The molecule has 0 aromatic heterocycles. The summed E-state index contributed by atoms with van der Waals surface area (Å²) in [6.45, 7) is 2.34. The Morgan fingerprint density at radius 3 is 1.96 bits per heavy atom. The van der Waals surface area contributed by atoms with Crippen molar-refractivity contribution in [1.29, 1.82) is 0 Å². The Labute approximate surface area is 137 Å². The summed E-state index contributed by atoms with van der Waals surface area (Å²) in [6.07, 6.45) is 1.06. The van der Waals surface area contributed by atoms with Crippen LogP contribution in [-0.4, -0.2) is 0 Å². The van der Waals surface area contributed by atoms with Crippen LogP contribution < -0.4 is 0 Å². The highest BCUT2D eigenvalue weighted by molar-refractivity contribution is 5.87. The lowest BCUT2D eigenvalue weighted by atomic mass is 9.88. The fraction of sp³-hybridized carbons (Fsp3) is 0.130. The van der Waals surface area contributed by atoms with Gasteiger partial charge in [-0.25, -0.2) is 0 Å². The van der Waals surface area contributed by atoms with E-state index in [1.54, 1.807) is 0 Å². The predicted octanol–water partition coefficient (Wildman–Crippen LogP) is 6.34. The van der Waals surface area contributed by atoms with Crippen LogP contribution in [0.4, 0.5) is 0 Å². The molecule has 0 saturated carbocycles. The van der Waals surface area contributed by atoms with Crippen LogP contribution in [-0.2, 0) is 6.42 Å². The van der Waals surface area contributed by atoms with Crippen molar-refractivity contribution in [2.24, 2.45) is 0 Å². The Morgan fingerprint density at radius 1 is 0.609 bits per heavy atom. The van der Waals surface area contributed by atoms with E-state index < -0.39 is 0 Å². The number of hydrogen-bond donors (Lipinski definition) is 0. The Bertz CT molecular complexity index is 955. The summed E-state index contributed by atoms with van der Waals surface area (Å²) >= 11 is 0. The van der Waals surface area contributed by atoms with Gasteiger partial charge in [0, 0.05) is 0 Å². The zero-order valence-electron chi connectivity index (χ0n) is 13.4. The van der Waals surface area contributed by atoms with Gasteiger partial charge in [0.1, 0.15) is 0 Å². The highest BCUT2D eigenvalue weighted by atomic mass is 14.2. The van der Waals surface area contributed by atoms with Gasteiger partial charge in [0.25, 0.3) is 0 Å². The van der Waals surface area contributed by atoms with E-state index in [4.69, 9.17) is 0 Å². The van der Waals surface area contributed by atoms with Crippen molar-refractivity contribution in [2.45, 2.75) is 19.3 Å². The average molecular weight is 296 g/mol. The van der Waals surface area contributed by atoms with Gasteiger partial charge in [0.05, 0.1) is 0 Å². The third-order valence-corrected chi connectivity index (χ3v) is 4.76. The Morgan fingerprint density at radius 2 is 1.17 bits per heavy atom. The van der Waals surface area contributed by atoms with Gasteiger partial charge in [0.2, 0.25) is 0 Å². The third kappa shape index (κ3) is 2.61. The van der Waals surface area contributed by atoms with E-state index in [0.29, 0.717) is 5.92 Å². The quantitative estimate of drug-likeness (QED) is 0.414. The molecule has 23 heavy (non-hydrogen) atoms. The van der Waals surface area contributed by atoms with Crippen LogP contribution in [0.5, 0.6) is 0 Å². The SMILES string of the molecule is CC(Cc1cccc2ccccc12)c1cccc2ccccc12. The molecule has 0 heterocycles. The highest BCUT2D eigenvalue weighted by Gasteiger charge is 2.11. The lowest BCUT2D eigenvalue weighted by Crippen LogP contribution is -2.00. The highest BCUT2D eigenvalue weighted by Crippen LogP contribution is 2.30. The van der Waals surface area contributed by atoms with Crippen molar-refractivity contribution in [3.8, 4) is 0 Å². The second-order valence-electron chi connectivity index (χ2n) is 6.31. The Balaban J connectivity index is 1.75. The second kappa shape index (κ2) is 5.89. The van der Waals surface area contributed by atoms with E-state index in [1.165, 1.54) is 32.7 Å². The maximum atomic E-state index is 2.34. The topological polar surface area (TPSA) is 0 Å². The second-order valence-corrected chi connectivity index (χ2v) is 6.31. The first-order chi connectivity index (χ1) is 11.3. The summed E-state index contributed by atoms with van der Waals surface area (Å²) < 4.78 is 0. The molecule has 0 aliphatic heterocycles. The van der Waals surface area contributed by atoms with E-state index in [2.05, 4.69) is 91.9 Å². The van der Waals surface area contributed by atoms with E-state index in [1.807, 2.05) is 0 Å². The van der Waals surface area contributed by atoms with Crippen molar-refractivity contribution in [3.05, 3.63) is 96.1 Å². The number of hydrogen-bond acceptors (Lipinski definition) is 0. The molecule has 0 fully saturated rings. The molecule has 0 amide bonds. The van der Waals surface area contributed by atoms with Crippen molar-refractivity contribution < 1.29 is 0 Å². The van der Waals surface area contributed by atoms with Crippen LogP contribution >= 0.6 is 0 Å². The summed E-state index contributed by atoms with van der Waals surface area (Å²) in [6, 6.07) is 30.7. The van der Waals surface area contributed by atoms with Gasteiger partial charge in [-0.05, 0) is 45.0 Å². The van der Waals surface area contributed by atoms with Crippen molar-refractivity contribution in [3.63, 3.8) is 0 Å². The molecule has 4 aromatic rings. The molecule has 0 aliphatic rings. The molecule has 112 valence electrons. The minimum Gasteiger partial charge on any atom is -0.0616 e. The first-order valence-electron chi connectivity index (χ1n) is 8.27. The predicted molar refractivity (Wildman–Crippen MR) is 100 cm³/mol. The van der Waals surface area contributed by atoms with Crippen LogP contribution in [0, 0.1) is 0 Å². The van der Waals surface area contributed by atoms with Gasteiger partial charge >= 0.3 is 0 Å². The van der Waals surface area contributed by atoms with E-state index in [0.717, 1.165) is 6.42 Å². The molecule has 4 rings (SSSR count). The zero-order chi connectivity index (χ0) is 15.6. The smallest absolute Gasteiger partial charge is 0.0144 e. The standard InChI is InChI=1S/C23H20/c1-17(21-15-7-11-19-9-3-5-14-23(19)21)16-20-12-6-10-18-8-2-4-13-22(18)20/h2-15,17H,16H2,1H3. The van der Waals surface area contributed by atoms with Gasteiger partial charge in [-0.15, -0.1) is 0 Å². The lowest BCUT2D eigenvalue weighted by molar-refractivity contribution is 0.770. The van der Waals surface area contributed by atoms with Gasteiger partial charge in [-0.3, -0.25) is 0 Å². The molecule has 0 saturated heterocycles. The van der Waals surface area contributed by atoms with E-state index in [9.17, 15) is 0 Å². The van der Waals surface area contributed by atoms with Crippen LogP contribution in [0.25, 0.3) is 21.5 Å². The maximum absolute atomic E-state index is 2.34. The molecule has 1 unspecified atom stereocenters. The normalized spacial score (nSPS) is 12.6. The van der Waals surface area contributed by atoms with Crippen molar-refractivity contribution >= 4 is 21.5 Å². The third-order valence-electron chi connectivity index (χ3n) is 4.76. The first-order valence-corrected chi connectivity index (χ1v) is 8.27. The lowest BCUT2D eigenvalue weighted by Gasteiger charge is -2.16. The van der Waals surface area contributed by atoms with Gasteiger partial charge < -0.3 is 0 Å². The molecule has 1 atom stereocenters. The monoisotopic (exact) mass is 296 g/mol. The van der Waals surface area contributed by atoms with Crippen LogP contribution in [0.2, 0.25) is 0 Å². The molecule has 0 bridgehead atoms. The van der Waals surface area contributed by atoms with Gasteiger partial charge in [0.15, 0.2) is 0 Å². The minimum atomic E-state index is 0.493. The van der Waals surface area contributed by atoms with Gasteiger partial charge in [-0.2, -0.15) is 0 Å². The van der Waals surface area contributed by atoms with Crippen LogP contribution in [0.3, 0.4) is 0 Å². The molecule has 0 radical (unpaired) electrons. The fourth-order valence-corrected chi connectivity index (χ4v) is 3.59. The van der Waals surface area contributed by atoms with Crippen molar-refractivity contribution in [2.75, 3.05) is 0 Å². The molecule has 0 aliphatic carbocycles. The first kappa shape index (κ1) is 14.0. The number of rotatable bonds is 3. The summed E-state index contributed by atoms with van der Waals surface area (Å²) in [4.78, 5) is 0. The summed E-state index contributed by atoms with van der Waals surface area (Å²) in [5.74, 6) is 0.493. The molecule has 4 aromatic carbocycles. The largest absolute Gasteiger partial charge is 0.0616 e. The van der Waals surface area contributed by atoms with Crippen LogP contribution in [0.1, 0.15) is 24.0 Å². The average Bonchev–Trinajstić information content (AvgIpc) is 2.61. The van der Waals surface area contributed by atoms with Gasteiger partial charge in [-0.1, -0.05) is 91.9 Å².